The average molecular weight is 390 g/mol. The zero-order valence-electron chi connectivity index (χ0n) is 16.4. The van der Waals surface area contributed by atoms with Gasteiger partial charge in [-0.1, -0.05) is 25.8 Å². The number of carbonyl (C=O) groups is 2. The fourth-order valence-corrected chi connectivity index (χ4v) is 4.14. The summed E-state index contributed by atoms with van der Waals surface area (Å²) in [7, 11) is 1.44. The van der Waals surface area contributed by atoms with Gasteiger partial charge in [0.1, 0.15) is 24.4 Å². The number of methoxy groups -OCH3 is 1. The molecule has 3 heterocycles. The van der Waals surface area contributed by atoms with Gasteiger partial charge >= 0.3 is 11.9 Å². The van der Waals surface area contributed by atoms with Crippen molar-refractivity contribution in [3.8, 4) is 0 Å². The lowest BCUT2D eigenvalue weighted by molar-refractivity contribution is -0.251. The van der Waals surface area contributed by atoms with Crippen LogP contribution in [0, 0.1) is 5.92 Å². The van der Waals surface area contributed by atoms with Gasteiger partial charge in [-0.15, -0.1) is 0 Å². The van der Waals surface area contributed by atoms with Crippen molar-refractivity contribution < 1.29 is 33.6 Å². The summed E-state index contributed by atoms with van der Waals surface area (Å²) >= 11 is 0. The summed E-state index contributed by atoms with van der Waals surface area (Å²) in [5.41, 5.74) is 1.66. The molecule has 6 atom stereocenters. The van der Waals surface area contributed by atoms with Crippen LogP contribution in [0.5, 0.6) is 0 Å². The first-order chi connectivity index (χ1) is 13.1. The molecule has 0 aromatic carbocycles. The van der Waals surface area contributed by atoms with Crippen molar-refractivity contribution in [3.05, 3.63) is 48.1 Å². The molecule has 3 rings (SSSR count). The fourth-order valence-electron chi connectivity index (χ4n) is 4.14. The van der Waals surface area contributed by atoms with E-state index in [1.165, 1.54) is 7.11 Å². The maximum absolute atomic E-state index is 12.4. The molecule has 0 aromatic rings. The highest BCUT2D eigenvalue weighted by atomic mass is 16.7. The molecule has 3 aliphatic rings. The van der Waals surface area contributed by atoms with Gasteiger partial charge in [0.2, 0.25) is 5.79 Å². The first kappa shape index (κ1) is 20.5. The van der Waals surface area contributed by atoms with Crippen molar-refractivity contribution >= 4 is 11.9 Å². The Balaban J connectivity index is 2.06. The minimum Gasteiger partial charge on any atom is -0.458 e. The summed E-state index contributed by atoms with van der Waals surface area (Å²) in [5.74, 6) is -3.44. The SMILES string of the molecule is C=C1C[C@]2(O)OC1C1OC(=O)C(=C)[C@@H]1[C@H](OC(=O)C(C)=CC)CC(=C)C2OC. The Bertz CT molecular complexity index is 780. The van der Waals surface area contributed by atoms with E-state index in [1.807, 2.05) is 0 Å². The number of allylic oxidation sites excluding steroid dienone is 1. The molecule has 0 amide bonds. The molecule has 0 saturated carbocycles. The molecule has 0 aromatic heterocycles. The standard InChI is InChI=1S/C21H26O7/c1-7-10(2)19(22)26-14-8-11(3)18(25-6)21(24)9-12(4)16(28-21)17-15(14)13(5)20(23)27-17/h7,14-18,24H,3-5,8-9H2,1-2,6H3/t14-,15-,16?,17?,18?,21+/m1/s1. The number of hydrogen-bond donors (Lipinski definition) is 1. The molecule has 7 heteroatoms. The third-order valence-electron chi connectivity index (χ3n) is 5.67. The van der Waals surface area contributed by atoms with Crippen LogP contribution in [0.25, 0.3) is 0 Å². The second-order valence-corrected chi connectivity index (χ2v) is 7.53. The number of hydrogen-bond acceptors (Lipinski definition) is 7. The normalized spacial score (nSPS) is 38.4. The molecule has 3 saturated heterocycles. The second-order valence-electron chi connectivity index (χ2n) is 7.53. The van der Waals surface area contributed by atoms with Crippen molar-refractivity contribution in [1.82, 2.24) is 0 Å². The number of carbonyl (C=O) groups excluding carboxylic acids is 2. The molecule has 0 aliphatic carbocycles. The van der Waals surface area contributed by atoms with Crippen LogP contribution in [-0.4, -0.2) is 54.4 Å². The molecular formula is C21H26O7. The average Bonchev–Trinajstić information content (AvgIpc) is 3.10. The Hall–Kier alpha value is -2.22. The molecule has 1 N–H and O–H groups in total. The highest BCUT2D eigenvalue weighted by Gasteiger charge is 2.58. The monoisotopic (exact) mass is 390 g/mol. The topological polar surface area (TPSA) is 91.3 Å². The lowest BCUT2D eigenvalue weighted by Gasteiger charge is -2.32. The molecule has 3 aliphatic heterocycles. The van der Waals surface area contributed by atoms with E-state index in [2.05, 4.69) is 19.7 Å². The molecule has 0 spiro atoms. The molecular weight excluding hydrogens is 364 g/mol. The van der Waals surface area contributed by atoms with E-state index in [1.54, 1.807) is 19.9 Å². The van der Waals surface area contributed by atoms with Crippen molar-refractivity contribution in [3.63, 3.8) is 0 Å². The van der Waals surface area contributed by atoms with Crippen LogP contribution in [0.15, 0.2) is 48.1 Å². The van der Waals surface area contributed by atoms with E-state index in [9.17, 15) is 14.7 Å². The van der Waals surface area contributed by atoms with Crippen LogP contribution < -0.4 is 0 Å². The van der Waals surface area contributed by atoms with E-state index in [0.29, 0.717) is 16.7 Å². The van der Waals surface area contributed by atoms with E-state index < -0.39 is 48.1 Å². The predicted octanol–water partition coefficient (Wildman–Crippen LogP) is 1.97. The van der Waals surface area contributed by atoms with Crippen LogP contribution in [-0.2, 0) is 28.5 Å². The summed E-state index contributed by atoms with van der Waals surface area (Å²) in [4.78, 5) is 24.7. The van der Waals surface area contributed by atoms with Gasteiger partial charge in [0.05, 0.1) is 5.92 Å². The summed E-state index contributed by atoms with van der Waals surface area (Å²) in [5, 5.41) is 11.0. The van der Waals surface area contributed by atoms with Crippen LogP contribution >= 0.6 is 0 Å². The first-order valence-electron chi connectivity index (χ1n) is 9.15. The van der Waals surface area contributed by atoms with Gasteiger partial charge in [-0.25, -0.2) is 9.59 Å². The predicted molar refractivity (Wildman–Crippen MR) is 100.0 cm³/mol. The Kier molecular flexibility index (Phi) is 5.36. The van der Waals surface area contributed by atoms with E-state index in [4.69, 9.17) is 18.9 Å². The summed E-state index contributed by atoms with van der Waals surface area (Å²) < 4.78 is 22.6. The number of ether oxygens (including phenoxy) is 4. The molecule has 3 fully saturated rings. The number of rotatable bonds is 3. The van der Waals surface area contributed by atoms with Crippen LogP contribution in [0.4, 0.5) is 0 Å². The van der Waals surface area contributed by atoms with Gasteiger partial charge in [-0.2, -0.15) is 0 Å². The van der Waals surface area contributed by atoms with Crippen LogP contribution in [0.2, 0.25) is 0 Å². The van der Waals surface area contributed by atoms with Crippen LogP contribution in [0.1, 0.15) is 26.7 Å². The van der Waals surface area contributed by atoms with Gasteiger partial charge in [0.25, 0.3) is 0 Å². The number of esters is 2. The minimum absolute atomic E-state index is 0.116. The molecule has 3 unspecified atom stereocenters. The highest BCUT2D eigenvalue weighted by Crippen LogP contribution is 2.47. The molecule has 28 heavy (non-hydrogen) atoms. The maximum atomic E-state index is 12.4. The quantitative estimate of drug-likeness (QED) is 0.447. The van der Waals surface area contributed by atoms with Gasteiger partial charge in [0.15, 0.2) is 0 Å². The Morgan fingerprint density at radius 2 is 2.00 bits per heavy atom. The Morgan fingerprint density at radius 3 is 2.61 bits per heavy atom. The van der Waals surface area contributed by atoms with Crippen molar-refractivity contribution in [1.29, 1.82) is 0 Å². The third-order valence-corrected chi connectivity index (χ3v) is 5.67. The fraction of sp³-hybridized carbons (Fsp3) is 0.524. The third kappa shape index (κ3) is 3.23. The Morgan fingerprint density at radius 1 is 1.32 bits per heavy atom. The molecule has 152 valence electrons. The molecule has 0 radical (unpaired) electrons. The van der Waals surface area contributed by atoms with Gasteiger partial charge in [-0.05, 0) is 25.0 Å². The summed E-state index contributed by atoms with van der Waals surface area (Å²) in [6.45, 7) is 15.2. The smallest absolute Gasteiger partial charge is 0.334 e. The summed E-state index contributed by atoms with van der Waals surface area (Å²) in [6, 6.07) is 0. The van der Waals surface area contributed by atoms with E-state index in [-0.39, 0.29) is 18.4 Å². The lowest BCUT2D eigenvalue weighted by Crippen LogP contribution is -2.45. The first-order valence-corrected chi connectivity index (χ1v) is 9.15. The van der Waals surface area contributed by atoms with E-state index >= 15 is 0 Å². The highest BCUT2D eigenvalue weighted by molar-refractivity contribution is 5.91. The zero-order valence-corrected chi connectivity index (χ0v) is 16.4. The Labute approximate surface area is 164 Å². The van der Waals surface area contributed by atoms with Gasteiger partial charge in [-0.3, -0.25) is 0 Å². The van der Waals surface area contributed by atoms with E-state index in [0.717, 1.165) is 0 Å². The largest absolute Gasteiger partial charge is 0.458 e. The minimum atomic E-state index is -1.69. The number of fused-ring (bicyclic) bond motifs is 4. The van der Waals surface area contributed by atoms with Crippen molar-refractivity contribution in [2.24, 2.45) is 5.92 Å². The molecule has 7 nitrogen and oxygen atoms in total. The van der Waals surface area contributed by atoms with Gasteiger partial charge < -0.3 is 24.1 Å². The van der Waals surface area contributed by atoms with Crippen molar-refractivity contribution in [2.75, 3.05) is 7.11 Å². The maximum Gasteiger partial charge on any atom is 0.334 e. The zero-order chi connectivity index (χ0) is 20.8. The number of aliphatic hydroxyl groups is 1. The summed E-state index contributed by atoms with van der Waals surface area (Å²) in [6.07, 6.45) is -1.31. The van der Waals surface area contributed by atoms with Gasteiger partial charge in [0, 0.05) is 31.1 Å². The van der Waals surface area contributed by atoms with Crippen LogP contribution in [0.3, 0.4) is 0 Å². The second kappa shape index (κ2) is 7.31. The van der Waals surface area contributed by atoms with Crippen molar-refractivity contribution in [2.45, 2.75) is 56.9 Å². The lowest BCUT2D eigenvalue weighted by atomic mass is 9.81. The molecule has 2 bridgehead atoms.